The highest BCUT2D eigenvalue weighted by Gasteiger charge is 2.13. The van der Waals surface area contributed by atoms with Crippen molar-refractivity contribution in [2.45, 2.75) is 19.4 Å². The van der Waals surface area contributed by atoms with Gasteiger partial charge in [0.1, 0.15) is 17.9 Å². The van der Waals surface area contributed by atoms with Crippen LogP contribution in [0.3, 0.4) is 0 Å². The topological polar surface area (TPSA) is 109 Å². The number of amides is 1. The molecule has 10 heteroatoms. The normalized spacial score (nSPS) is 11.4. The number of carbonyl (C=O) groups is 1. The molecule has 178 valence electrons. The Bertz CT molecular complexity index is 1500. The molecule has 0 unspecified atom stereocenters. The molecule has 8 nitrogen and oxygen atoms in total. The predicted octanol–water partition coefficient (Wildman–Crippen LogP) is 4.20. The van der Waals surface area contributed by atoms with Crippen molar-refractivity contribution in [3.63, 3.8) is 0 Å². The van der Waals surface area contributed by atoms with Crippen LogP contribution in [0.1, 0.15) is 27.9 Å². The molecular weight excluding hydrogens is 471 g/mol. The van der Waals surface area contributed by atoms with E-state index in [-0.39, 0.29) is 17.9 Å². The van der Waals surface area contributed by atoms with Crippen molar-refractivity contribution < 1.29 is 13.6 Å². The van der Waals surface area contributed by atoms with E-state index in [0.717, 1.165) is 34.1 Å². The second-order valence-electron chi connectivity index (χ2n) is 8.00. The molecular formula is C25H22ClFN6O2. The van der Waals surface area contributed by atoms with E-state index in [0.29, 0.717) is 30.4 Å². The number of nitrogens with zero attached hydrogens (tertiary/aromatic N) is 3. The maximum atomic E-state index is 13.6. The number of carbonyl (C=O) groups excluding carboxylic acids is 1. The van der Waals surface area contributed by atoms with Crippen LogP contribution in [0.25, 0.3) is 21.8 Å². The molecule has 3 heterocycles. The van der Waals surface area contributed by atoms with E-state index in [2.05, 4.69) is 25.6 Å². The second-order valence-corrected chi connectivity index (χ2v) is 8.44. The van der Waals surface area contributed by atoms with Crippen molar-refractivity contribution in [1.82, 2.24) is 30.6 Å². The van der Waals surface area contributed by atoms with Crippen LogP contribution in [0, 0.1) is 5.82 Å². The zero-order chi connectivity index (χ0) is 24.2. The highest BCUT2D eigenvalue weighted by molar-refractivity contribution is 6.31. The summed E-state index contributed by atoms with van der Waals surface area (Å²) >= 11 is 6.09. The Morgan fingerprint density at radius 3 is 2.89 bits per heavy atom. The third-order valence-electron chi connectivity index (χ3n) is 5.57. The summed E-state index contributed by atoms with van der Waals surface area (Å²) in [7, 11) is 0. The van der Waals surface area contributed by atoms with Crippen molar-refractivity contribution in [3.05, 3.63) is 88.9 Å². The van der Waals surface area contributed by atoms with Crippen LogP contribution in [0.2, 0.25) is 5.02 Å². The molecule has 0 bridgehead atoms. The van der Waals surface area contributed by atoms with Gasteiger partial charge in [-0.1, -0.05) is 23.7 Å². The zero-order valence-corrected chi connectivity index (χ0v) is 19.4. The lowest BCUT2D eigenvalue weighted by atomic mass is 10.1. The minimum absolute atomic E-state index is 0.0272. The molecule has 2 aromatic carbocycles. The summed E-state index contributed by atoms with van der Waals surface area (Å²) < 4.78 is 19.0. The van der Waals surface area contributed by atoms with Crippen molar-refractivity contribution in [2.75, 3.05) is 13.1 Å². The number of benzene rings is 2. The molecule has 0 aliphatic carbocycles. The Morgan fingerprint density at radius 1 is 1.11 bits per heavy atom. The monoisotopic (exact) mass is 492 g/mol. The Kier molecular flexibility index (Phi) is 6.69. The number of imidazole rings is 1. The molecule has 0 atom stereocenters. The number of aromatic amines is 1. The first-order chi connectivity index (χ1) is 17.1. The van der Waals surface area contributed by atoms with Crippen molar-refractivity contribution in [3.8, 4) is 0 Å². The minimum Gasteiger partial charge on any atom is -0.448 e. The number of hydrogen-bond donors (Lipinski definition) is 3. The van der Waals surface area contributed by atoms with Gasteiger partial charge in [0.2, 0.25) is 0 Å². The van der Waals surface area contributed by atoms with Gasteiger partial charge in [0, 0.05) is 42.5 Å². The number of halogens is 2. The summed E-state index contributed by atoms with van der Waals surface area (Å²) in [5, 5.41) is 8.76. The highest BCUT2D eigenvalue weighted by atomic mass is 35.5. The SMILES string of the molecule is O=C(NCc1ncccc1F)c1coc(CCNCCc2nc3c(ccc4cc(Cl)ccc43)[nH]2)n1. The molecule has 3 aromatic heterocycles. The lowest BCUT2D eigenvalue weighted by molar-refractivity contribution is 0.0945. The molecule has 0 aliphatic rings. The Labute approximate surface area is 204 Å². The Hall–Kier alpha value is -3.82. The van der Waals surface area contributed by atoms with E-state index in [4.69, 9.17) is 21.0 Å². The third kappa shape index (κ3) is 5.31. The number of hydrogen-bond acceptors (Lipinski definition) is 6. The molecule has 35 heavy (non-hydrogen) atoms. The van der Waals surface area contributed by atoms with Crippen LogP contribution in [0.4, 0.5) is 4.39 Å². The van der Waals surface area contributed by atoms with Crippen molar-refractivity contribution in [1.29, 1.82) is 0 Å². The number of oxazole rings is 1. The first kappa shape index (κ1) is 22.9. The van der Waals surface area contributed by atoms with Crippen molar-refractivity contribution >= 4 is 39.3 Å². The van der Waals surface area contributed by atoms with E-state index in [1.54, 1.807) is 0 Å². The van der Waals surface area contributed by atoms with E-state index in [9.17, 15) is 9.18 Å². The van der Waals surface area contributed by atoms with Gasteiger partial charge in [-0.25, -0.2) is 14.4 Å². The molecule has 0 fully saturated rings. The summed E-state index contributed by atoms with van der Waals surface area (Å²) in [5.41, 5.74) is 2.24. The van der Waals surface area contributed by atoms with Gasteiger partial charge >= 0.3 is 0 Å². The number of aromatic nitrogens is 4. The molecule has 0 saturated carbocycles. The Morgan fingerprint density at radius 2 is 2.00 bits per heavy atom. The van der Waals surface area contributed by atoms with Gasteiger partial charge in [-0.15, -0.1) is 0 Å². The largest absolute Gasteiger partial charge is 0.448 e. The maximum Gasteiger partial charge on any atom is 0.273 e. The van der Waals surface area contributed by atoms with Gasteiger partial charge in [-0.2, -0.15) is 0 Å². The van der Waals surface area contributed by atoms with E-state index < -0.39 is 11.7 Å². The lowest BCUT2D eigenvalue weighted by Crippen LogP contribution is -2.24. The van der Waals surface area contributed by atoms with Crippen LogP contribution < -0.4 is 10.6 Å². The van der Waals surface area contributed by atoms with Crippen LogP contribution >= 0.6 is 11.6 Å². The summed E-state index contributed by atoms with van der Waals surface area (Å²) in [6.07, 6.45) is 4.02. The van der Waals surface area contributed by atoms with Gasteiger partial charge < -0.3 is 20.0 Å². The predicted molar refractivity (Wildman–Crippen MR) is 131 cm³/mol. The maximum absolute atomic E-state index is 13.6. The second kappa shape index (κ2) is 10.2. The van der Waals surface area contributed by atoms with Gasteiger partial charge in [0.25, 0.3) is 5.91 Å². The average molecular weight is 493 g/mol. The first-order valence-corrected chi connectivity index (χ1v) is 11.5. The molecule has 0 aliphatic heterocycles. The zero-order valence-electron chi connectivity index (χ0n) is 18.6. The lowest BCUT2D eigenvalue weighted by Gasteiger charge is -2.03. The number of nitrogens with one attached hydrogen (secondary N) is 3. The number of fused-ring (bicyclic) bond motifs is 3. The third-order valence-corrected chi connectivity index (χ3v) is 5.80. The van der Waals surface area contributed by atoms with Gasteiger partial charge in [0.15, 0.2) is 11.6 Å². The molecule has 1 amide bonds. The van der Waals surface area contributed by atoms with Crippen LogP contribution in [0.15, 0.2) is 59.3 Å². The molecule has 5 rings (SSSR count). The molecule has 0 saturated heterocycles. The number of H-pyrrole nitrogens is 1. The van der Waals surface area contributed by atoms with E-state index in [1.165, 1.54) is 24.6 Å². The fourth-order valence-electron chi connectivity index (χ4n) is 3.80. The summed E-state index contributed by atoms with van der Waals surface area (Å²) in [6.45, 7) is 1.32. The minimum atomic E-state index is -0.472. The smallest absolute Gasteiger partial charge is 0.273 e. The molecule has 5 aromatic rings. The van der Waals surface area contributed by atoms with E-state index in [1.807, 2.05) is 30.3 Å². The van der Waals surface area contributed by atoms with Crippen molar-refractivity contribution in [2.24, 2.45) is 0 Å². The first-order valence-electron chi connectivity index (χ1n) is 11.2. The van der Waals surface area contributed by atoms with Crippen LogP contribution in [0.5, 0.6) is 0 Å². The number of rotatable bonds is 9. The summed E-state index contributed by atoms with van der Waals surface area (Å²) in [4.78, 5) is 28.5. The molecule has 0 spiro atoms. The average Bonchev–Trinajstić information content (AvgIpc) is 3.50. The van der Waals surface area contributed by atoms with Gasteiger partial charge in [-0.3, -0.25) is 9.78 Å². The highest BCUT2D eigenvalue weighted by Crippen LogP contribution is 2.26. The molecule has 3 N–H and O–H groups in total. The fourth-order valence-corrected chi connectivity index (χ4v) is 3.98. The number of pyridine rings is 1. The molecule has 0 radical (unpaired) electrons. The van der Waals surface area contributed by atoms with Crippen LogP contribution in [-0.2, 0) is 19.4 Å². The Balaban J connectivity index is 1.09. The summed E-state index contributed by atoms with van der Waals surface area (Å²) in [6, 6.07) is 12.6. The van der Waals surface area contributed by atoms with Gasteiger partial charge in [-0.05, 0) is 35.7 Å². The standard InChI is InChI=1S/C25H22ClFN6O2/c26-16-4-5-17-15(12-16)3-6-19-24(17)33-22(31-19)7-10-28-11-8-23-32-21(14-35-23)25(34)30-13-20-18(27)2-1-9-29-20/h1-6,9,12,14,28H,7-8,10-11,13H2,(H,30,34)(H,31,33). The summed E-state index contributed by atoms with van der Waals surface area (Å²) in [5.74, 6) is 0.424. The van der Waals surface area contributed by atoms with Gasteiger partial charge in [0.05, 0.1) is 23.3 Å². The quantitative estimate of drug-likeness (QED) is 0.266. The van der Waals surface area contributed by atoms with E-state index >= 15 is 0 Å². The van der Waals surface area contributed by atoms with Crippen LogP contribution in [-0.4, -0.2) is 38.9 Å². The fraction of sp³-hybridized carbons (Fsp3) is 0.200.